The molecule has 0 spiro atoms. The lowest BCUT2D eigenvalue weighted by Gasteiger charge is -2.49. The smallest absolute Gasteiger partial charge is 0.352 e. The SMILES string of the molecule is CO/N=C(\C(=O)NC1C(=O)N2C(C(=O)O)=C(CN3C=Cc4ocnc4C3)CS[C@H]12)c1nsc(N)n1. The van der Waals surface area contributed by atoms with Crippen LogP contribution in [0.5, 0.6) is 0 Å². The molecule has 0 radical (unpaired) electrons. The van der Waals surface area contributed by atoms with Crippen LogP contribution in [0.4, 0.5) is 5.13 Å². The first kappa shape index (κ1) is 22.9. The van der Waals surface area contributed by atoms with Crippen LogP contribution < -0.4 is 11.1 Å². The molecule has 5 heterocycles. The average Bonchev–Trinajstić information content (AvgIpc) is 3.48. The van der Waals surface area contributed by atoms with Crippen LogP contribution in [0.2, 0.25) is 0 Å². The second kappa shape index (κ2) is 9.03. The van der Waals surface area contributed by atoms with Crippen molar-refractivity contribution in [2.45, 2.75) is 18.0 Å². The van der Waals surface area contributed by atoms with Gasteiger partial charge < -0.3 is 30.3 Å². The molecular weight excluding hydrogens is 500 g/mol. The lowest BCUT2D eigenvalue weighted by molar-refractivity contribution is -0.150. The van der Waals surface area contributed by atoms with Gasteiger partial charge in [0.25, 0.3) is 11.8 Å². The molecule has 4 N–H and O–H groups in total. The number of carboxylic acids is 1. The van der Waals surface area contributed by atoms with E-state index in [2.05, 4.69) is 24.8 Å². The molecule has 182 valence electrons. The van der Waals surface area contributed by atoms with Crippen LogP contribution in [0.15, 0.2) is 33.4 Å². The van der Waals surface area contributed by atoms with Crippen molar-refractivity contribution in [3.63, 3.8) is 0 Å². The number of nitrogens with two attached hydrogens (primary N) is 1. The van der Waals surface area contributed by atoms with Crippen LogP contribution in [-0.2, 0) is 25.8 Å². The van der Waals surface area contributed by atoms with Gasteiger partial charge in [0, 0.05) is 30.0 Å². The maximum Gasteiger partial charge on any atom is 0.352 e. The van der Waals surface area contributed by atoms with E-state index in [4.69, 9.17) is 15.0 Å². The number of carbonyl (C=O) groups is 3. The summed E-state index contributed by atoms with van der Waals surface area (Å²) in [6.07, 6.45) is 4.92. The Morgan fingerprint density at radius 1 is 1.46 bits per heavy atom. The van der Waals surface area contributed by atoms with E-state index >= 15 is 0 Å². The van der Waals surface area contributed by atoms with Crippen molar-refractivity contribution < 1.29 is 28.7 Å². The fraction of sp³-hybridized carbons (Fsp3) is 0.316. The zero-order valence-corrected chi connectivity index (χ0v) is 19.7. The summed E-state index contributed by atoms with van der Waals surface area (Å²) in [6, 6.07) is -0.950. The molecule has 35 heavy (non-hydrogen) atoms. The van der Waals surface area contributed by atoms with E-state index in [9.17, 15) is 19.5 Å². The van der Waals surface area contributed by atoms with Gasteiger partial charge >= 0.3 is 5.97 Å². The second-order valence-electron chi connectivity index (χ2n) is 7.58. The lowest BCUT2D eigenvalue weighted by atomic mass is 10.0. The monoisotopic (exact) mass is 518 g/mol. The number of carbonyl (C=O) groups excluding carboxylic acids is 2. The standard InChI is InChI=1S/C19H18N8O6S2/c1-32-24-11(14-23-19(20)35-25-14)15(28)22-12-16(29)27-13(18(30)31)8(6-34-17(12)27)4-26-3-2-10-9(5-26)21-7-33-10/h2-3,7,12,17H,4-6H2,1H3,(H,22,28)(H,30,31)(H2,20,23,25)/b24-11-/t12?,17-/m1/s1. The number of oxime groups is 1. The van der Waals surface area contributed by atoms with Crippen molar-refractivity contribution >= 4 is 58.0 Å². The van der Waals surface area contributed by atoms with Gasteiger partial charge in [0.2, 0.25) is 11.5 Å². The van der Waals surface area contributed by atoms with Crippen LogP contribution in [-0.4, -0.2) is 83.6 Å². The number of aromatic nitrogens is 3. The highest BCUT2D eigenvalue weighted by atomic mass is 32.2. The topological polar surface area (TPSA) is 189 Å². The van der Waals surface area contributed by atoms with Crippen LogP contribution in [0.3, 0.4) is 0 Å². The van der Waals surface area contributed by atoms with Gasteiger partial charge in [0.15, 0.2) is 17.3 Å². The Kier molecular flexibility index (Phi) is 5.89. The molecule has 2 aromatic rings. The molecule has 14 nitrogen and oxygen atoms in total. The van der Waals surface area contributed by atoms with E-state index < -0.39 is 29.2 Å². The minimum atomic E-state index is -1.21. The van der Waals surface area contributed by atoms with Crippen molar-refractivity contribution in [3.05, 3.63) is 41.1 Å². The van der Waals surface area contributed by atoms with Crippen LogP contribution in [0.1, 0.15) is 17.3 Å². The Morgan fingerprint density at radius 3 is 3.00 bits per heavy atom. The van der Waals surface area contributed by atoms with Gasteiger partial charge in [-0.05, 0) is 11.6 Å². The minimum absolute atomic E-state index is 0.0370. The highest BCUT2D eigenvalue weighted by Crippen LogP contribution is 2.40. The fourth-order valence-electron chi connectivity index (χ4n) is 3.93. The summed E-state index contributed by atoms with van der Waals surface area (Å²) in [5.74, 6) is -1.50. The molecule has 3 aliphatic rings. The van der Waals surface area contributed by atoms with Gasteiger partial charge in [0.05, 0.1) is 6.54 Å². The number of amides is 2. The number of rotatable bonds is 7. The molecule has 16 heteroatoms. The zero-order chi connectivity index (χ0) is 24.7. The predicted octanol–water partition coefficient (Wildman–Crippen LogP) is -0.316. The number of nitrogens with one attached hydrogen (secondary N) is 1. The number of hydrogen-bond acceptors (Lipinski definition) is 13. The first-order valence-corrected chi connectivity index (χ1v) is 12.0. The third-order valence-electron chi connectivity index (χ3n) is 5.44. The molecule has 1 saturated heterocycles. The molecule has 2 aromatic heterocycles. The van der Waals surface area contributed by atoms with E-state index in [0.29, 0.717) is 30.2 Å². The summed E-state index contributed by atoms with van der Waals surface area (Å²) in [6.45, 7) is 0.753. The summed E-state index contributed by atoms with van der Waals surface area (Å²) in [5, 5.41) is 15.7. The van der Waals surface area contributed by atoms with Gasteiger partial charge in [0.1, 0.15) is 29.9 Å². The summed E-state index contributed by atoms with van der Waals surface area (Å²) in [7, 11) is 1.25. The number of fused-ring (bicyclic) bond motifs is 2. The van der Waals surface area contributed by atoms with Crippen LogP contribution >= 0.6 is 23.3 Å². The van der Waals surface area contributed by atoms with E-state index in [0.717, 1.165) is 17.2 Å². The Balaban J connectivity index is 1.32. The van der Waals surface area contributed by atoms with E-state index in [1.54, 1.807) is 12.3 Å². The lowest BCUT2D eigenvalue weighted by Crippen LogP contribution is -2.71. The molecule has 0 aliphatic carbocycles. The highest BCUT2D eigenvalue weighted by Gasteiger charge is 2.54. The number of β-lactam (4-membered cyclic amide) rings is 1. The number of carboxylic acid groups (broad SMARTS) is 1. The van der Waals surface area contributed by atoms with Gasteiger partial charge in [-0.25, -0.2) is 9.78 Å². The number of thioether (sulfide) groups is 1. The van der Waals surface area contributed by atoms with Crippen LogP contribution in [0.25, 0.3) is 6.08 Å². The van der Waals surface area contributed by atoms with E-state index in [-0.39, 0.29) is 22.4 Å². The van der Waals surface area contributed by atoms with E-state index in [1.165, 1.54) is 30.2 Å². The number of hydrogen-bond donors (Lipinski definition) is 3. The summed E-state index contributed by atoms with van der Waals surface area (Å²) in [4.78, 5) is 53.8. The van der Waals surface area contributed by atoms with Crippen molar-refractivity contribution in [2.24, 2.45) is 5.16 Å². The maximum atomic E-state index is 13.0. The predicted molar refractivity (Wildman–Crippen MR) is 123 cm³/mol. The molecule has 1 unspecified atom stereocenters. The molecule has 2 amide bonds. The quantitative estimate of drug-likeness (QED) is 0.246. The largest absolute Gasteiger partial charge is 0.477 e. The van der Waals surface area contributed by atoms with Gasteiger partial charge in [-0.1, -0.05) is 5.16 Å². The van der Waals surface area contributed by atoms with Crippen molar-refractivity contribution in [3.8, 4) is 0 Å². The van der Waals surface area contributed by atoms with E-state index in [1.807, 2.05) is 4.90 Å². The summed E-state index contributed by atoms with van der Waals surface area (Å²) >= 11 is 2.24. The van der Waals surface area contributed by atoms with Gasteiger partial charge in [-0.2, -0.15) is 9.36 Å². The Morgan fingerprint density at radius 2 is 2.29 bits per heavy atom. The molecule has 0 bridgehead atoms. The molecular formula is C19H18N8O6S2. The normalized spacial score (nSPS) is 21.4. The molecule has 2 atom stereocenters. The van der Waals surface area contributed by atoms with Gasteiger partial charge in [-0.3, -0.25) is 14.5 Å². The van der Waals surface area contributed by atoms with Gasteiger partial charge in [-0.15, -0.1) is 11.8 Å². The number of nitrogens with zero attached hydrogens (tertiary/aromatic N) is 6. The maximum absolute atomic E-state index is 13.0. The molecule has 1 fully saturated rings. The fourth-order valence-corrected chi connectivity index (χ4v) is 5.70. The summed E-state index contributed by atoms with van der Waals surface area (Å²) < 4.78 is 9.21. The molecule has 0 saturated carbocycles. The number of anilines is 1. The first-order chi connectivity index (χ1) is 16.9. The number of oxazole rings is 1. The number of nitrogen functional groups attached to an aromatic ring is 1. The first-order valence-electron chi connectivity index (χ1n) is 10.1. The molecule has 0 aromatic carbocycles. The van der Waals surface area contributed by atoms with Crippen molar-refractivity contribution in [1.29, 1.82) is 0 Å². The number of aliphatic carboxylic acids is 1. The third-order valence-corrected chi connectivity index (χ3v) is 7.33. The van der Waals surface area contributed by atoms with Crippen molar-refractivity contribution in [1.82, 2.24) is 29.5 Å². The Labute approximate surface area is 205 Å². The molecule has 5 rings (SSSR count). The minimum Gasteiger partial charge on any atom is -0.477 e. The highest BCUT2D eigenvalue weighted by molar-refractivity contribution is 8.00. The second-order valence-corrected chi connectivity index (χ2v) is 9.47. The van der Waals surface area contributed by atoms with Crippen molar-refractivity contribution in [2.75, 3.05) is 25.1 Å². The Bertz CT molecular complexity index is 1300. The Hall–Kier alpha value is -3.92. The molecule has 3 aliphatic heterocycles. The average molecular weight is 519 g/mol. The zero-order valence-electron chi connectivity index (χ0n) is 18.1. The van der Waals surface area contributed by atoms with Crippen LogP contribution in [0, 0.1) is 0 Å². The third kappa shape index (κ3) is 4.10. The summed E-state index contributed by atoms with van der Waals surface area (Å²) in [5.41, 5.74) is 6.58.